The fourth-order valence-electron chi connectivity index (χ4n) is 2.04. The summed E-state index contributed by atoms with van der Waals surface area (Å²) in [5.74, 6) is 1.16. The predicted octanol–water partition coefficient (Wildman–Crippen LogP) is 0.453. The number of rotatable bonds is 6. The van der Waals surface area contributed by atoms with E-state index in [0.717, 1.165) is 5.69 Å². The van der Waals surface area contributed by atoms with E-state index in [1.165, 1.54) is 6.33 Å². The maximum Gasteiger partial charge on any atom is 0.254 e. The highest BCUT2D eigenvalue weighted by molar-refractivity contribution is 5.84. The Bertz CT molecular complexity index is 624. The molecule has 21 heavy (non-hydrogen) atoms. The van der Waals surface area contributed by atoms with E-state index in [0.29, 0.717) is 18.2 Å². The van der Waals surface area contributed by atoms with Crippen LogP contribution in [0.3, 0.4) is 0 Å². The number of anilines is 1. The zero-order valence-electron chi connectivity index (χ0n) is 12.6. The molecule has 2 aromatic heterocycles. The van der Waals surface area contributed by atoms with Crippen LogP contribution in [-0.4, -0.2) is 45.7 Å². The van der Waals surface area contributed by atoms with E-state index in [9.17, 15) is 4.79 Å². The molecular formula is C13H20N6O2. The lowest BCUT2D eigenvalue weighted by molar-refractivity contribution is -0.122. The van der Waals surface area contributed by atoms with Gasteiger partial charge in [0.05, 0.1) is 12.3 Å². The van der Waals surface area contributed by atoms with Crippen molar-refractivity contribution in [1.82, 2.24) is 24.9 Å². The van der Waals surface area contributed by atoms with Crippen LogP contribution >= 0.6 is 0 Å². The maximum absolute atomic E-state index is 12.0. The Hall–Kier alpha value is -2.22. The second kappa shape index (κ2) is 6.49. The van der Waals surface area contributed by atoms with Crippen LogP contribution in [0.1, 0.15) is 19.5 Å². The van der Waals surface area contributed by atoms with E-state index in [-0.39, 0.29) is 17.9 Å². The molecule has 0 aliphatic rings. The van der Waals surface area contributed by atoms with Gasteiger partial charge in [0.25, 0.3) is 5.78 Å². The average Bonchev–Trinajstić information content (AvgIpc) is 2.92. The molecule has 8 heteroatoms. The van der Waals surface area contributed by atoms with Crippen LogP contribution in [0.5, 0.6) is 0 Å². The third kappa shape index (κ3) is 3.27. The lowest BCUT2D eigenvalue weighted by atomic mass is 10.0. The molecule has 1 unspecified atom stereocenters. The number of nitrogens with zero attached hydrogens (tertiary/aromatic N) is 4. The number of carbonyl (C=O) groups excluding carboxylic acids is 1. The summed E-state index contributed by atoms with van der Waals surface area (Å²) in [4.78, 5) is 20.4. The monoisotopic (exact) mass is 292 g/mol. The number of likely N-dealkylation sites (N-methyl/N-ethyl adjacent to an activating group) is 1. The van der Waals surface area contributed by atoms with Crippen molar-refractivity contribution in [2.75, 3.05) is 19.5 Å². The molecular weight excluding hydrogens is 272 g/mol. The number of methoxy groups -OCH3 is 1. The van der Waals surface area contributed by atoms with Crippen LogP contribution in [0.15, 0.2) is 12.4 Å². The Balaban J connectivity index is 2.39. The summed E-state index contributed by atoms with van der Waals surface area (Å²) in [6.07, 6.45) is 1.42. The number of aromatic nitrogens is 4. The standard InChI is InChI=1S/C13H20N6O2/c1-8(2)11(12(20)14-3)18-10-5-9(6-21-4)17-13-15-7-16-19(10)13/h5,7-8,11,18H,6H2,1-4H3,(H,14,20). The molecule has 0 spiro atoms. The second-order valence-electron chi connectivity index (χ2n) is 5.02. The molecule has 0 fully saturated rings. The summed E-state index contributed by atoms with van der Waals surface area (Å²) in [6, 6.07) is 1.43. The van der Waals surface area contributed by atoms with Crippen molar-refractivity contribution in [3.05, 3.63) is 18.1 Å². The topological polar surface area (TPSA) is 93.4 Å². The van der Waals surface area contributed by atoms with E-state index < -0.39 is 0 Å². The highest BCUT2D eigenvalue weighted by Crippen LogP contribution is 2.15. The lowest BCUT2D eigenvalue weighted by Gasteiger charge is -2.22. The van der Waals surface area contributed by atoms with Crippen LogP contribution in [0.2, 0.25) is 0 Å². The number of fused-ring (bicyclic) bond motifs is 1. The summed E-state index contributed by atoms with van der Waals surface area (Å²) in [7, 11) is 3.22. The molecule has 0 aromatic carbocycles. The Kier molecular flexibility index (Phi) is 4.69. The Morgan fingerprint density at radius 2 is 2.24 bits per heavy atom. The normalized spacial score (nSPS) is 12.6. The quantitative estimate of drug-likeness (QED) is 0.803. The number of hydrogen-bond donors (Lipinski definition) is 2. The molecule has 114 valence electrons. The van der Waals surface area contributed by atoms with Crippen LogP contribution in [0.25, 0.3) is 5.78 Å². The molecule has 1 amide bonds. The van der Waals surface area contributed by atoms with E-state index in [4.69, 9.17) is 4.74 Å². The van der Waals surface area contributed by atoms with Crippen molar-refractivity contribution in [1.29, 1.82) is 0 Å². The Morgan fingerprint density at radius 3 is 2.86 bits per heavy atom. The van der Waals surface area contributed by atoms with Crippen molar-refractivity contribution in [3.8, 4) is 0 Å². The highest BCUT2D eigenvalue weighted by atomic mass is 16.5. The minimum absolute atomic E-state index is 0.0802. The zero-order valence-corrected chi connectivity index (χ0v) is 12.6. The Labute approximate surface area is 122 Å². The van der Waals surface area contributed by atoms with Gasteiger partial charge >= 0.3 is 0 Å². The van der Waals surface area contributed by atoms with Gasteiger partial charge in [-0.3, -0.25) is 4.79 Å². The smallest absolute Gasteiger partial charge is 0.254 e. The van der Waals surface area contributed by atoms with Crippen molar-refractivity contribution >= 4 is 17.5 Å². The minimum atomic E-state index is -0.375. The molecule has 2 aromatic rings. The first-order valence-electron chi connectivity index (χ1n) is 6.73. The van der Waals surface area contributed by atoms with Gasteiger partial charge < -0.3 is 15.4 Å². The largest absolute Gasteiger partial charge is 0.378 e. The average molecular weight is 292 g/mol. The van der Waals surface area contributed by atoms with E-state index >= 15 is 0 Å². The summed E-state index contributed by atoms with van der Waals surface area (Å²) in [5, 5.41) is 10.00. The summed E-state index contributed by atoms with van der Waals surface area (Å²) in [6.45, 7) is 4.32. The van der Waals surface area contributed by atoms with E-state index in [1.54, 1.807) is 18.7 Å². The molecule has 1 atom stereocenters. The summed E-state index contributed by atoms with van der Waals surface area (Å²) >= 11 is 0. The third-order valence-electron chi connectivity index (χ3n) is 3.10. The van der Waals surface area contributed by atoms with Gasteiger partial charge in [-0.05, 0) is 5.92 Å². The van der Waals surface area contributed by atoms with Gasteiger partial charge in [-0.1, -0.05) is 13.8 Å². The summed E-state index contributed by atoms with van der Waals surface area (Å²) < 4.78 is 6.67. The van der Waals surface area contributed by atoms with Gasteiger partial charge in [-0.15, -0.1) is 0 Å². The molecule has 0 saturated heterocycles. The minimum Gasteiger partial charge on any atom is -0.378 e. The van der Waals surface area contributed by atoms with Crippen molar-refractivity contribution in [2.45, 2.75) is 26.5 Å². The number of carbonyl (C=O) groups is 1. The van der Waals surface area contributed by atoms with Crippen molar-refractivity contribution in [2.24, 2.45) is 5.92 Å². The first kappa shape index (κ1) is 15.2. The van der Waals surface area contributed by atoms with E-state index in [1.807, 2.05) is 19.9 Å². The number of ether oxygens (including phenoxy) is 1. The highest BCUT2D eigenvalue weighted by Gasteiger charge is 2.22. The fraction of sp³-hybridized carbons (Fsp3) is 0.538. The van der Waals surface area contributed by atoms with E-state index in [2.05, 4.69) is 25.7 Å². The van der Waals surface area contributed by atoms with Gasteiger partial charge in [0, 0.05) is 20.2 Å². The molecule has 0 saturated carbocycles. The first-order chi connectivity index (χ1) is 10.1. The zero-order chi connectivity index (χ0) is 15.4. The molecule has 0 bridgehead atoms. The number of amides is 1. The van der Waals surface area contributed by atoms with Gasteiger partial charge in [0.15, 0.2) is 0 Å². The van der Waals surface area contributed by atoms with Crippen LogP contribution in [0.4, 0.5) is 5.82 Å². The molecule has 8 nitrogen and oxygen atoms in total. The third-order valence-corrected chi connectivity index (χ3v) is 3.10. The fourth-order valence-corrected chi connectivity index (χ4v) is 2.04. The number of hydrogen-bond acceptors (Lipinski definition) is 6. The van der Waals surface area contributed by atoms with Gasteiger partial charge in [0.2, 0.25) is 5.91 Å². The van der Waals surface area contributed by atoms with Crippen LogP contribution < -0.4 is 10.6 Å². The first-order valence-corrected chi connectivity index (χ1v) is 6.73. The van der Waals surface area contributed by atoms with Gasteiger partial charge in [-0.25, -0.2) is 4.98 Å². The summed E-state index contributed by atoms with van der Waals surface area (Å²) in [5.41, 5.74) is 0.722. The van der Waals surface area contributed by atoms with Crippen LogP contribution in [-0.2, 0) is 16.1 Å². The van der Waals surface area contributed by atoms with Gasteiger partial charge in [-0.2, -0.15) is 14.6 Å². The maximum atomic E-state index is 12.0. The lowest BCUT2D eigenvalue weighted by Crippen LogP contribution is -2.41. The molecule has 0 aliphatic carbocycles. The molecule has 2 N–H and O–H groups in total. The van der Waals surface area contributed by atoms with Gasteiger partial charge in [0.1, 0.15) is 18.2 Å². The molecule has 2 rings (SSSR count). The van der Waals surface area contributed by atoms with Crippen molar-refractivity contribution < 1.29 is 9.53 Å². The SMILES string of the molecule is CNC(=O)C(Nc1cc(COC)nc2ncnn12)C(C)C. The predicted molar refractivity (Wildman–Crippen MR) is 77.8 cm³/mol. The molecule has 2 heterocycles. The Morgan fingerprint density at radius 1 is 1.48 bits per heavy atom. The molecule has 0 aliphatic heterocycles. The number of nitrogens with one attached hydrogen (secondary N) is 2. The van der Waals surface area contributed by atoms with Crippen molar-refractivity contribution in [3.63, 3.8) is 0 Å². The molecule has 0 radical (unpaired) electrons. The van der Waals surface area contributed by atoms with Crippen LogP contribution in [0, 0.1) is 5.92 Å². The second-order valence-corrected chi connectivity index (χ2v) is 5.02.